The minimum atomic E-state index is -0.648. The van der Waals surface area contributed by atoms with Crippen LogP contribution in [0.5, 0.6) is 0 Å². The Hall–Kier alpha value is -0.280. The van der Waals surface area contributed by atoms with Gasteiger partial charge in [-0.2, -0.15) is 0 Å². The summed E-state index contributed by atoms with van der Waals surface area (Å²) in [6.07, 6.45) is -0.0983. The summed E-state index contributed by atoms with van der Waals surface area (Å²) in [4.78, 5) is 20.1. The minimum Gasteiger partial charge on any atom is -0.348 e. The molecule has 9 heavy (non-hydrogen) atoms. The molecule has 0 bridgehead atoms. The van der Waals surface area contributed by atoms with Crippen molar-refractivity contribution in [2.75, 3.05) is 0 Å². The number of hydrogen-bond donors (Lipinski definition) is 0. The Morgan fingerprint density at radius 2 is 1.89 bits per heavy atom. The second-order valence-electron chi connectivity index (χ2n) is 1.30. The summed E-state index contributed by atoms with van der Waals surface area (Å²) in [5, 5.41) is -0.572. The smallest absolute Gasteiger partial charge is 0.325 e. The zero-order chi connectivity index (χ0) is 7.28. The summed E-state index contributed by atoms with van der Waals surface area (Å²) in [6, 6.07) is 0. The molecule has 0 aliphatic rings. The molecule has 5 heteroatoms. The number of halogens is 2. The molecule has 0 fully saturated rings. The molecule has 0 radical (unpaired) electrons. The van der Waals surface area contributed by atoms with Gasteiger partial charge in [0.2, 0.25) is 5.24 Å². The van der Waals surface area contributed by atoms with Crippen LogP contribution in [0.4, 0.5) is 0 Å². The third-order valence-corrected chi connectivity index (χ3v) is 0.973. The van der Waals surface area contributed by atoms with E-state index in [0.717, 1.165) is 0 Å². The van der Waals surface area contributed by atoms with Gasteiger partial charge in [-0.05, 0) is 11.6 Å². The average Bonchev–Trinajstić information content (AvgIpc) is 1.83. The van der Waals surface area contributed by atoms with Crippen LogP contribution in [0.15, 0.2) is 0 Å². The highest BCUT2D eigenvalue weighted by Gasteiger charge is 2.03. The van der Waals surface area contributed by atoms with Crippen molar-refractivity contribution in [3.05, 3.63) is 0 Å². The van der Waals surface area contributed by atoms with Crippen molar-refractivity contribution in [3.63, 3.8) is 0 Å². The van der Waals surface area contributed by atoms with Gasteiger partial charge in [0, 0.05) is 6.42 Å². The highest BCUT2D eigenvalue weighted by Crippen LogP contribution is 1.97. The van der Waals surface area contributed by atoms with E-state index >= 15 is 0 Å². The third-order valence-electron chi connectivity index (χ3n) is 0.612. The van der Waals surface area contributed by atoms with Gasteiger partial charge in [-0.25, -0.2) is 0 Å². The Bertz CT molecular complexity index is 123. The molecule has 0 atom stereocenters. The van der Waals surface area contributed by atoms with Crippen molar-refractivity contribution < 1.29 is 13.9 Å². The van der Waals surface area contributed by atoms with Crippen LogP contribution >= 0.6 is 23.5 Å². The standard InChI is InChI=1S/C4H4Cl2O3/c5-3(7)1-2-4(8)9-6/h1-2H2. The summed E-state index contributed by atoms with van der Waals surface area (Å²) in [5.74, 6) is -0.648. The lowest BCUT2D eigenvalue weighted by Crippen LogP contribution is -1.98. The highest BCUT2D eigenvalue weighted by atomic mass is 35.5. The molecular formula is C4H4Cl2O3. The predicted molar refractivity (Wildman–Crippen MR) is 32.0 cm³/mol. The molecule has 0 amide bonds. The van der Waals surface area contributed by atoms with Gasteiger partial charge >= 0.3 is 5.97 Å². The number of carbonyl (C=O) groups excluding carboxylic acids is 2. The predicted octanol–water partition coefficient (Wildman–Crippen LogP) is 1.23. The van der Waals surface area contributed by atoms with Crippen LogP contribution in [0.25, 0.3) is 0 Å². The summed E-state index contributed by atoms with van der Waals surface area (Å²) >= 11 is 9.52. The van der Waals surface area contributed by atoms with Gasteiger partial charge in [-0.15, -0.1) is 0 Å². The summed E-state index contributed by atoms with van der Waals surface area (Å²) in [7, 11) is 0. The zero-order valence-corrected chi connectivity index (χ0v) is 5.91. The number of carbonyl (C=O) groups is 2. The van der Waals surface area contributed by atoms with Gasteiger partial charge in [0.1, 0.15) is 11.9 Å². The van der Waals surface area contributed by atoms with E-state index in [4.69, 9.17) is 11.6 Å². The molecule has 0 saturated carbocycles. The van der Waals surface area contributed by atoms with Crippen molar-refractivity contribution in [2.45, 2.75) is 12.8 Å². The van der Waals surface area contributed by atoms with Crippen LogP contribution in [0.3, 0.4) is 0 Å². The van der Waals surface area contributed by atoms with E-state index in [1.807, 2.05) is 0 Å². The molecule has 0 N–H and O–H groups in total. The molecule has 0 rings (SSSR count). The molecule has 0 aromatic rings. The van der Waals surface area contributed by atoms with Crippen molar-refractivity contribution in [1.82, 2.24) is 0 Å². The van der Waals surface area contributed by atoms with E-state index in [0.29, 0.717) is 0 Å². The van der Waals surface area contributed by atoms with E-state index in [-0.39, 0.29) is 12.8 Å². The van der Waals surface area contributed by atoms with Gasteiger partial charge in [0.05, 0.1) is 6.42 Å². The van der Waals surface area contributed by atoms with Gasteiger partial charge < -0.3 is 4.29 Å². The topological polar surface area (TPSA) is 43.4 Å². The molecular weight excluding hydrogens is 167 g/mol. The first-order valence-electron chi connectivity index (χ1n) is 2.16. The van der Waals surface area contributed by atoms with Crippen molar-refractivity contribution in [1.29, 1.82) is 0 Å². The SMILES string of the molecule is O=C(Cl)CCC(=O)OCl. The van der Waals surface area contributed by atoms with Crippen molar-refractivity contribution >= 4 is 34.7 Å². The van der Waals surface area contributed by atoms with Crippen LogP contribution in [0.1, 0.15) is 12.8 Å². The van der Waals surface area contributed by atoms with Crippen LogP contribution < -0.4 is 0 Å². The Morgan fingerprint density at radius 3 is 2.22 bits per heavy atom. The van der Waals surface area contributed by atoms with E-state index in [2.05, 4.69) is 16.2 Å². The first-order valence-corrected chi connectivity index (χ1v) is 2.85. The highest BCUT2D eigenvalue weighted by molar-refractivity contribution is 6.63. The van der Waals surface area contributed by atoms with Crippen LogP contribution in [0.2, 0.25) is 0 Å². The molecule has 52 valence electrons. The maximum Gasteiger partial charge on any atom is 0.325 e. The van der Waals surface area contributed by atoms with Crippen LogP contribution in [0, 0.1) is 0 Å². The first kappa shape index (κ1) is 8.72. The molecule has 0 aliphatic heterocycles. The third kappa shape index (κ3) is 5.59. The first-order chi connectivity index (χ1) is 4.16. The Morgan fingerprint density at radius 1 is 1.33 bits per heavy atom. The van der Waals surface area contributed by atoms with E-state index in [1.165, 1.54) is 0 Å². The van der Waals surface area contributed by atoms with Crippen molar-refractivity contribution in [2.24, 2.45) is 0 Å². The maximum atomic E-state index is 10.2. The van der Waals surface area contributed by atoms with Gasteiger partial charge in [-0.1, -0.05) is 0 Å². The fourth-order valence-corrected chi connectivity index (χ4v) is 0.411. The summed E-state index contributed by atoms with van der Waals surface area (Å²) in [5.41, 5.74) is 0. The Labute approximate surface area is 62.0 Å². The summed E-state index contributed by atoms with van der Waals surface area (Å²) < 4.78 is 3.72. The normalized spacial score (nSPS) is 8.67. The zero-order valence-electron chi connectivity index (χ0n) is 4.39. The van der Waals surface area contributed by atoms with Crippen LogP contribution in [-0.2, 0) is 13.9 Å². The van der Waals surface area contributed by atoms with E-state index < -0.39 is 11.2 Å². The van der Waals surface area contributed by atoms with Crippen LogP contribution in [-0.4, -0.2) is 11.2 Å². The number of rotatable bonds is 3. The monoisotopic (exact) mass is 170 g/mol. The molecule has 0 unspecified atom stereocenters. The lowest BCUT2D eigenvalue weighted by molar-refractivity contribution is -0.135. The lowest BCUT2D eigenvalue weighted by atomic mass is 10.3. The maximum absolute atomic E-state index is 10.2. The van der Waals surface area contributed by atoms with E-state index in [9.17, 15) is 9.59 Å². The summed E-state index contributed by atoms with van der Waals surface area (Å²) in [6.45, 7) is 0. The fraction of sp³-hybridized carbons (Fsp3) is 0.500. The molecule has 0 aliphatic carbocycles. The van der Waals surface area contributed by atoms with Gasteiger partial charge in [0.25, 0.3) is 0 Å². The molecule has 0 aromatic heterocycles. The van der Waals surface area contributed by atoms with Gasteiger partial charge in [0.15, 0.2) is 0 Å². The quantitative estimate of drug-likeness (QED) is 0.599. The number of hydrogen-bond acceptors (Lipinski definition) is 3. The second-order valence-corrected chi connectivity index (χ2v) is 1.88. The molecule has 3 nitrogen and oxygen atoms in total. The fourth-order valence-electron chi connectivity index (χ4n) is 0.239. The Balaban J connectivity index is 3.28. The molecule has 0 spiro atoms. The van der Waals surface area contributed by atoms with E-state index in [1.54, 1.807) is 0 Å². The molecule has 0 aromatic carbocycles. The lowest BCUT2D eigenvalue weighted by Gasteiger charge is -1.89. The van der Waals surface area contributed by atoms with Crippen molar-refractivity contribution in [3.8, 4) is 0 Å². The molecule has 0 saturated heterocycles. The molecule has 0 heterocycles. The Kier molecular flexibility index (Phi) is 4.44. The minimum absolute atomic E-state index is 0.0346. The largest absolute Gasteiger partial charge is 0.348 e. The average molecular weight is 171 g/mol. The second kappa shape index (κ2) is 4.58. The van der Waals surface area contributed by atoms with Gasteiger partial charge in [-0.3, -0.25) is 9.59 Å².